The quantitative estimate of drug-likeness (QED) is 0.564. The molecule has 2 heterocycles. The van der Waals surface area contributed by atoms with Gasteiger partial charge in [-0.1, -0.05) is 24.3 Å². The molecule has 2 saturated heterocycles. The molecule has 142 valence electrons. The Labute approximate surface area is 149 Å². The van der Waals surface area contributed by atoms with Crippen LogP contribution in [0.4, 0.5) is 13.2 Å². The summed E-state index contributed by atoms with van der Waals surface area (Å²) in [4.78, 5) is 47.9. The predicted octanol–water partition coefficient (Wildman–Crippen LogP) is 1.56. The Kier molecular flexibility index (Phi) is 3.84. The second-order valence-corrected chi connectivity index (χ2v) is 6.53. The first-order valence-electron chi connectivity index (χ1n) is 8.01. The van der Waals surface area contributed by atoms with E-state index in [0.29, 0.717) is 0 Å². The van der Waals surface area contributed by atoms with Gasteiger partial charge >= 0.3 is 30.2 Å². The van der Waals surface area contributed by atoms with Gasteiger partial charge in [-0.25, -0.2) is 0 Å². The van der Waals surface area contributed by atoms with Crippen LogP contribution in [0.25, 0.3) is 0 Å². The maximum Gasteiger partial charge on any atom is 0.522 e. The van der Waals surface area contributed by atoms with Gasteiger partial charge in [0.15, 0.2) is 0 Å². The number of hydrogen-bond acceptors (Lipinski definition) is 7. The number of fused-ring (bicyclic) bond motifs is 3. The van der Waals surface area contributed by atoms with E-state index in [9.17, 15) is 32.3 Å². The molecule has 0 bridgehead atoms. The van der Waals surface area contributed by atoms with Crippen LogP contribution < -0.4 is 0 Å². The van der Waals surface area contributed by atoms with Crippen molar-refractivity contribution in [2.24, 2.45) is 11.8 Å². The van der Waals surface area contributed by atoms with Gasteiger partial charge < -0.3 is 9.47 Å². The lowest BCUT2D eigenvalue weighted by molar-refractivity contribution is -0.351. The number of rotatable bonds is 2. The van der Waals surface area contributed by atoms with Crippen molar-refractivity contribution >= 4 is 23.9 Å². The molecule has 0 aromatic heterocycles. The Morgan fingerprint density at radius 2 is 1.56 bits per heavy atom. The average molecular weight is 384 g/mol. The first-order valence-corrected chi connectivity index (χ1v) is 8.01. The Bertz CT molecular complexity index is 862. The maximum atomic E-state index is 13.1. The SMILES string of the molecule is O=C1CC(C2c3ccccc3C3C(=O)OC(=O)C3C2OC(F)(F)F)C(=O)O1. The third-order valence-corrected chi connectivity index (χ3v) is 5.09. The summed E-state index contributed by atoms with van der Waals surface area (Å²) >= 11 is 0. The van der Waals surface area contributed by atoms with E-state index in [1.165, 1.54) is 18.2 Å². The second-order valence-electron chi connectivity index (χ2n) is 6.53. The number of carbonyl (C=O) groups is 4. The molecule has 7 nitrogen and oxygen atoms in total. The van der Waals surface area contributed by atoms with E-state index in [0.717, 1.165) is 0 Å². The van der Waals surface area contributed by atoms with Gasteiger partial charge in [0, 0.05) is 5.92 Å². The molecule has 4 rings (SSSR count). The number of benzene rings is 1. The van der Waals surface area contributed by atoms with Crippen molar-refractivity contribution in [1.29, 1.82) is 0 Å². The van der Waals surface area contributed by atoms with Crippen molar-refractivity contribution in [3.63, 3.8) is 0 Å². The second kappa shape index (κ2) is 5.88. The molecule has 0 amide bonds. The third-order valence-electron chi connectivity index (χ3n) is 5.09. The van der Waals surface area contributed by atoms with Crippen molar-refractivity contribution in [3.8, 4) is 0 Å². The number of esters is 4. The number of carbonyl (C=O) groups excluding carboxylic acids is 4. The third kappa shape index (κ3) is 2.80. The van der Waals surface area contributed by atoms with Crippen LogP contribution in [0.3, 0.4) is 0 Å². The topological polar surface area (TPSA) is 96.0 Å². The van der Waals surface area contributed by atoms with Crippen LogP contribution in [-0.2, 0) is 33.4 Å². The molecule has 1 aromatic rings. The molecule has 5 atom stereocenters. The Hall–Kier alpha value is -2.75. The van der Waals surface area contributed by atoms with Crippen molar-refractivity contribution in [2.75, 3.05) is 0 Å². The zero-order chi connectivity index (χ0) is 19.5. The highest BCUT2D eigenvalue weighted by Crippen LogP contribution is 2.53. The number of cyclic esters (lactones) is 4. The minimum Gasteiger partial charge on any atom is -0.393 e. The lowest BCUT2D eigenvalue weighted by Gasteiger charge is -2.39. The summed E-state index contributed by atoms with van der Waals surface area (Å²) in [5.41, 5.74) is 0.494. The van der Waals surface area contributed by atoms with Crippen molar-refractivity contribution in [1.82, 2.24) is 0 Å². The molecule has 3 aliphatic rings. The zero-order valence-corrected chi connectivity index (χ0v) is 13.4. The molecular weight excluding hydrogens is 373 g/mol. The standard InChI is InChI=1S/C17H11F3O7/c18-17(19,20)27-13-10(8-5-9(21)25-14(8)22)6-3-1-2-4-7(6)11-12(13)16(24)26-15(11)23/h1-4,8,10-13H,5H2. The fraction of sp³-hybridized carbons (Fsp3) is 0.412. The van der Waals surface area contributed by atoms with E-state index in [4.69, 9.17) is 0 Å². The van der Waals surface area contributed by atoms with Crippen LogP contribution in [0, 0.1) is 11.8 Å². The fourth-order valence-corrected chi connectivity index (χ4v) is 4.17. The molecule has 10 heteroatoms. The predicted molar refractivity (Wildman–Crippen MR) is 76.6 cm³/mol. The lowest BCUT2D eigenvalue weighted by atomic mass is 9.65. The Morgan fingerprint density at radius 3 is 2.15 bits per heavy atom. The number of ether oxygens (including phenoxy) is 3. The average Bonchev–Trinajstić information content (AvgIpc) is 3.05. The van der Waals surface area contributed by atoms with Crippen LogP contribution in [0.15, 0.2) is 24.3 Å². The van der Waals surface area contributed by atoms with E-state index >= 15 is 0 Å². The van der Waals surface area contributed by atoms with E-state index in [1.807, 2.05) is 0 Å². The normalized spacial score (nSPS) is 32.8. The van der Waals surface area contributed by atoms with Gasteiger partial charge in [-0.3, -0.25) is 23.9 Å². The molecule has 5 unspecified atom stereocenters. The van der Waals surface area contributed by atoms with E-state index in [1.54, 1.807) is 6.07 Å². The summed E-state index contributed by atoms with van der Waals surface area (Å²) in [5, 5.41) is 0. The van der Waals surface area contributed by atoms with Crippen LogP contribution >= 0.6 is 0 Å². The molecular formula is C17H11F3O7. The Morgan fingerprint density at radius 1 is 0.889 bits per heavy atom. The van der Waals surface area contributed by atoms with Gasteiger partial charge in [-0.05, 0) is 11.1 Å². The van der Waals surface area contributed by atoms with Crippen LogP contribution in [0.2, 0.25) is 0 Å². The molecule has 2 fully saturated rings. The van der Waals surface area contributed by atoms with E-state index < -0.39 is 66.4 Å². The lowest BCUT2D eigenvalue weighted by Crippen LogP contribution is -2.46. The monoisotopic (exact) mass is 384 g/mol. The van der Waals surface area contributed by atoms with Crippen LogP contribution in [0.1, 0.15) is 29.4 Å². The van der Waals surface area contributed by atoms with Crippen molar-refractivity contribution < 1.29 is 46.6 Å². The van der Waals surface area contributed by atoms with Crippen LogP contribution in [-0.4, -0.2) is 36.3 Å². The van der Waals surface area contributed by atoms with E-state index in [2.05, 4.69) is 14.2 Å². The summed E-state index contributed by atoms with van der Waals surface area (Å²) in [7, 11) is 0. The Balaban J connectivity index is 1.90. The molecule has 0 saturated carbocycles. The smallest absolute Gasteiger partial charge is 0.393 e. The fourth-order valence-electron chi connectivity index (χ4n) is 4.17. The first-order chi connectivity index (χ1) is 12.7. The first kappa shape index (κ1) is 17.7. The summed E-state index contributed by atoms with van der Waals surface area (Å²) in [5.74, 6) is -9.43. The highest BCUT2D eigenvalue weighted by atomic mass is 19.4. The number of halogens is 3. The highest BCUT2D eigenvalue weighted by Gasteiger charge is 2.61. The molecule has 2 aliphatic heterocycles. The van der Waals surface area contributed by atoms with Crippen molar-refractivity contribution in [3.05, 3.63) is 35.4 Å². The maximum absolute atomic E-state index is 13.1. The summed E-state index contributed by atoms with van der Waals surface area (Å²) < 4.78 is 52.5. The van der Waals surface area contributed by atoms with Gasteiger partial charge in [0.2, 0.25) is 0 Å². The zero-order valence-electron chi connectivity index (χ0n) is 13.4. The molecule has 1 aliphatic carbocycles. The minimum atomic E-state index is -5.14. The highest BCUT2D eigenvalue weighted by molar-refractivity contribution is 6.01. The largest absolute Gasteiger partial charge is 0.522 e. The number of hydrogen-bond donors (Lipinski definition) is 0. The van der Waals surface area contributed by atoms with Gasteiger partial charge in [0.05, 0.1) is 24.4 Å². The molecule has 27 heavy (non-hydrogen) atoms. The molecule has 0 radical (unpaired) electrons. The molecule has 0 spiro atoms. The number of alkyl halides is 3. The summed E-state index contributed by atoms with van der Waals surface area (Å²) in [6.45, 7) is 0. The summed E-state index contributed by atoms with van der Waals surface area (Å²) in [6, 6.07) is 5.98. The van der Waals surface area contributed by atoms with Gasteiger partial charge in [-0.15, -0.1) is 13.2 Å². The molecule has 1 aromatic carbocycles. The molecule has 0 N–H and O–H groups in total. The van der Waals surface area contributed by atoms with Crippen molar-refractivity contribution in [2.45, 2.75) is 30.7 Å². The van der Waals surface area contributed by atoms with Gasteiger partial charge in [0.1, 0.15) is 5.92 Å². The van der Waals surface area contributed by atoms with Crippen LogP contribution in [0.5, 0.6) is 0 Å². The van der Waals surface area contributed by atoms with Gasteiger partial charge in [0.25, 0.3) is 0 Å². The van der Waals surface area contributed by atoms with E-state index in [-0.39, 0.29) is 11.1 Å². The summed E-state index contributed by atoms with van der Waals surface area (Å²) in [6.07, 6.45) is -7.50. The van der Waals surface area contributed by atoms with Gasteiger partial charge in [-0.2, -0.15) is 0 Å². The minimum absolute atomic E-state index is 0.219.